The van der Waals surface area contributed by atoms with Crippen LogP contribution in [0.5, 0.6) is 0 Å². The van der Waals surface area contributed by atoms with E-state index >= 15 is 0 Å². The van der Waals surface area contributed by atoms with E-state index in [-0.39, 0.29) is 11.9 Å². The molecule has 2 aromatic carbocycles. The summed E-state index contributed by atoms with van der Waals surface area (Å²) < 4.78 is 14.6. The molecule has 33 heavy (non-hydrogen) atoms. The molecule has 2 unspecified atom stereocenters. The predicted octanol–water partition coefficient (Wildman–Crippen LogP) is 3.84. The van der Waals surface area contributed by atoms with Crippen molar-refractivity contribution in [1.82, 2.24) is 10.0 Å². The van der Waals surface area contributed by atoms with Gasteiger partial charge in [0, 0.05) is 18.4 Å². The zero-order valence-corrected chi connectivity index (χ0v) is 19.3. The molecule has 1 aliphatic heterocycles. The maximum absolute atomic E-state index is 13.4. The number of rotatable bonds is 6. The molecule has 1 fully saturated rings. The van der Waals surface area contributed by atoms with Gasteiger partial charge in [-0.25, -0.2) is 0 Å². The molecule has 6 nitrogen and oxygen atoms in total. The number of nitrogens with one attached hydrogen (secondary N) is 3. The maximum atomic E-state index is 13.4. The smallest absolute Gasteiger partial charge is 0.235 e. The Morgan fingerprint density at radius 1 is 1.15 bits per heavy atom. The van der Waals surface area contributed by atoms with E-state index in [2.05, 4.69) is 27.5 Å². The van der Waals surface area contributed by atoms with E-state index in [4.69, 9.17) is 4.99 Å². The minimum absolute atomic E-state index is 0.0197. The Bertz CT molecular complexity index is 1300. The lowest BCUT2D eigenvalue weighted by molar-refractivity contribution is -0.119. The standard InChI is InChI=1S/C26H24N4O2S/c1-15-28-22-14-18-13-21(24(22)29-15)23(18)26(10-11-26)25(31)30-19-5-3-4-17(12-19)16-6-8-20(9-7-16)33(32)27-2/h3-9,12-14,24,27H,10-11H2,1-2H3,(H,28,29)(H,30,31). The topological polar surface area (TPSA) is 88.6 Å². The number of carbonyl (C=O) groups is 1. The fourth-order valence-corrected chi connectivity index (χ4v) is 5.63. The van der Waals surface area contributed by atoms with Gasteiger partial charge in [-0.1, -0.05) is 12.1 Å². The van der Waals surface area contributed by atoms with Gasteiger partial charge in [0.05, 0.1) is 22.6 Å². The zero-order valence-electron chi connectivity index (χ0n) is 18.4. The van der Waals surface area contributed by atoms with Crippen molar-refractivity contribution in [3.63, 3.8) is 0 Å². The van der Waals surface area contributed by atoms with Crippen LogP contribution in [0.1, 0.15) is 19.8 Å². The van der Waals surface area contributed by atoms with Crippen molar-refractivity contribution in [2.24, 2.45) is 10.4 Å². The molecule has 2 bridgehead atoms. The van der Waals surface area contributed by atoms with Gasteiger partial charge < -0.3 is 15.2 Å². The van der Waals surface area contributed by atoms with Gasteiger partial charge >= 0.3 is 0 Å². The number of anilines is 1. The van der Waals surface area contributed by atoms with Crippen molar-refractivity contribution >= 4 is 28.8 Å². The van der Waals surface area contributed by atoms with Crippen molar-refractivity contribution < 1.29 is 9.35 Å². The van der Waals surface area contributed by atoms with Crippen LogP contribution in [0.15, 0.2) is 93.0 Å². The van der Waals surface area contributed by atoms with Crippen molar-refractivity contribution in [3.05, 3.63) is 83.1 Å². The summed E-state index contributed by atoms with van der Waals surface area (Å²) in [6.07, 6.45) is 6.05. The summed E-state index contributed by atoms with van der Waals surface area (Å²) >= 11 is -1.21. The number of amides is 1. The van der Waals surface area contributed by atoms with E-state index in [0.29, 0.717) is 0 Å². The van der Waals surface area contributed by atoms with Gasteiger partial charge in [-0.3, -0.25) is 9.79 Å². The third kappa shape index (κ3) is 3.27. The molecule has 2 atom stereocenters. The molecule has 7 heteroatoms. The normalized spacial score (nSPS) is 22.3. The molecule has 0 spiro atoms. The van der Waals surface area contributed by atoms with Crippen LogP contribution >= 0.6 is 0 Å². The summed E-state index contributed by atoms with van der Waals surface area (Å²) in [5.74, 6) is 0.983. The number of allylic oxidation sites excluding steroid dienone is 3. The van der Waals surface area contributed by atoms with Crippen LogP contribution in [-0.2, 0) is 16.2 Å². The fraction of sp³-hybridized carbons (Fsp3) is 0.231. The largest absolute Gasteiger partial charge is 0.593 e. The summed E-state index contributed by atoms with van der Waals surface area (Å²) in [5, 5.41) is 6.50. The van der Waals surface area contributed by atoms with Gasteiger partial charge in [-0.05, 0) is 96.2 Å². The zero-order chi connectivity index (χ0) is 22.7. The second-order valence-electron chi connectivity index (χ2n) is 8.89. The van der Waals surface area contributed by atoms with Crippen LogP contribution in [0.25, 0.3) is 11.1 Å². The third-order valence-corrected chi connectivity index (χ3v) is 7.88. The van der Waals surface area contributed by atoms with Crippen LogP contribution < -0.4 is 15.4 Å². The van der Waals surface area contributed by atoms with Crippen molar-refractivity contribution in [2.45, 2.75) is 30.7 Å². The molecule has 6 rings (SSSR count). The summed E-state index contributed by atoms with van der Waals surface area (Å²) in [4.78, 5) is 18.9. The average molecular weight is 457 g/mol. The van der Waals surface area contributed by atoms with Crippen LogP contribution in [0.4, 0.5) is 5.69 Å². The maximum Gasteiger partial charge on any atom is 0.235 e. The number of hydrogen-bond donors (Lipinski definition) is 3. The number of carbonyl (C=O) groups excluding carboxylic acids is 1. The third-order valence-electron chi connectivity index (χ3n) is 6.81. The number of hydrogen-bond acceptors (Lipinski definition) is 5. The Kier molecular flexibility index (Phi) is 4.62. The summed E-state index contributed by atoms with van der Waals surface area (Å²) in [7, 11) is 1.67. The molecule has 2 aromatic rings. The summed E-state index contributed by atoms with van der Waals surface area (Å²) in [6.45, 7) is 1.97. The van der Waals surface area contributed by atoms with E-state index in [9.17, 15) is 9.35 Å². The first-order valence-corrected chi connectivity index (χ1v) is 12.2. The Morgan fingerprint density at radius 3 is 2.67 bits per heavy atom. The molecule has 1 saturated carbocycles. The fourth-order valence-electron chi connectivity index (χ4n) is 5.01. The number of fused-ring (bicyclic) bond motifs is 3. The molecule has 0 aromatic heterocycles. The second kappa shape index (κ2) is 7.45. The van der Waals surface area contributed by atoms with Crippen LogP contribution in [0.2, 0.25) is 0 Å². The monoisotopic (exact) mass is 456 g/mol. The molecule has 166 valence electrons. The molecule has 0 saturated heterocycles. The van der Waals surface area contributed by atoms with Crippen molar-refractivity contribution in [2.75, 3.05) is 12.4 Å². The minimum atomic E-state index is -1.21. The Labute approximate surface area is 195 Å². The van der Waals surface area contributed by atoms with E-state index in [1.54, 1.807) is 7.05 Å². The Hall–Kier alpha value is -3.13. The predicted molar refractivity (Wildman–Crippen MR) is 131 cm³/mol. The van der Waals surface area contributed by atoms with Crippen LogP contribution in [0, 0.1) is 5.41 Å². The molecule has 4 aliphatic rings. The highest BCUT2D eigenvalue weighted by Crippen LogP contribution is 2.61. The Balaban J connectivity index is 1.21. The molecule has 3 aliphatic carbocycles. The highest BCUT2D eigenvalue weighted by atomic mass is 32.2. The quantitative estimate of drug-likeness (QED) is 0.577. The van der Waals surface area contributed by atoms with Gasteiger partial charge in [0.15, 0.2) is 4.90 Å². The Morgan fingerprint density at radius 2 is 1.94 bits per heavy atom. The van der Waals surface area contributed by atoms with Gasteiger partial charge in [0.25, 0.3) is 0 Å². The average Bonchev–Trinajstić information content (AvgIpc) is 3.50. The highest BCUT2D eigenvalue weighted by Gasteiger charge is 2.58. The van der Waals surface area contributed by atoms with E-state index in [1.165, 1.54) is 11.1 Å². The van der Waals surface area contributed by atoms with Crippen LogP contribution in [-0.4, -0.2) is 29.4 Å². The SMILES string of the molecule is CN[S+]([O-])c1ccc(-c2cccc(NC(=O)C3(C4=C5C=C6NC(C)=NC6C4=C5)CC3)c2)cc1. The lowest BCUT2D eigenvalue weighted by Crippen LogP contribution is -2.35. The van der Waals surface area contributed by atoms with Gasteiger partial charge in [-0.2, -0.15) is 0 Å². The van der Waals surface area contributed by atoms with E-state index in [1.807, 2.05) is 55.5 Å². The van der Waals surface area contributed by atoms with Crippen molar-refractivity contribution in [1.29, 1.82) is 0 Å². The number of amidine groups is 1. The summed E-state index contributed by atoms with van der Waals surface area (Å²) in [5.41, 5.74) is 6.99. The highest BCUT2D eigenvalue weighted by molar-refractivity contribution is 7.89. The van der Waals surface area contributed by atoms with Gasteiger partial charge in [0.2, 0.25) is 5.91 Å². The first kappa shape index (κ1) is 20.5. The van der Waals surface area contributed by atoms with E-state index < -0.39 is 16.8 Å². The molecular formula is C26H24N4O2S. The first-order valence-electron chi connectivity index (χ1n) is 11.1. The molecule has 1 heterocycles. The van der Waals surface area contributed by atoms with Crippen LogP contribution in [0.3, 0.4) is 0 Å². The molecule has 1 amide bonds. The van der Waals surface area contributed by atoms with Crippen molar-refractivity contribution in [3.8, 4) is 11.1 Å². The molecule has 0 radical (unpaired) electrons. The minimum Gasteiger partial charge on any atom is -0.593 e. The summed E-state index contributed by atoms with van der Waals surface area (Å²) in [6, 6.07) is 15.5. The van der Waals surface area contributed by atoms with Gasteiger partial charge in [0.1, 0.15) is 6.04 Å². The number of aliphatic imine (C=N–C) groups is 1. The second-order valence-corrected chi connectivity index (χ2v) is 10.3. The number of nitrogens with zero attached hydrogens (tertiary/aromatic N) is 1. The van der Waals surface area contributed by atoms with E-state index in [0.717, 1.165) is 51.7 Å². The molecule has 3 N–H and O–H groups in total. The van der Waals surface area contributed by atoms with Gasteiger partial charge in [-0.15, -0.1) is 4.72 Å². The lowest BCUT2D eigenvalue weighted by Gasteiger charge is -2.35. The number of benzene rings is 2. The lowest BCUT2D eigenvalue weighted by atomic mass is 9.70. The molecular weight excluding hydrogens is 432 g/mol. The first-order chi connectivity index (χ1) is 16.0.